The Labute approximate surface area is 110 Å². The Morgan fingerprint density at radius 3 is 2.94 bits per heavy atom. The molecule has 1 aromatic rings. The zero-order valence-electron chi connectivity index (χ0n) is 11.3. The lowest BCUT2D eigenvalue weighted by atomic mass is 10.1. The van der Waals surface area contributed by atoms with E-state index in [0.717, 1.165) is 25.2 Å². The molecule has 3 heteroatoms. The molecule has 1 atom stereocenters. The van der Waals surface area contributed by atoms with Crippen LogP contribution in [-0.4, -0.2) is 24.1 Å². The summed E-state index contributed by atoms with van der Waals surface area (Å²) in [5.41, 5.74) is 7.98. The molecule has 0 fully saturated rings. The van der Waals surface area contributed by atoms with Crippen LogP contribution in [0.4, 0.5) is 0 Å². The van der Waals surface area contributed by atoms with Gasteiger partial charge in [0.05, 0.1) is 5.69 Å². The molecule has 0 radical (unpaired) electrons. The predicted octanol–water partition coefficient (Wildman–Crippen LogP) is 2.37. The molecule has 1 unspecified atom stereocenters. The highest BCUT2D eigenvalue weighted by Gasteiger charge is 2.01. The first kappa shape index (κ1) is 14.6. The zero-order valence-corrected chi connectivity index (χ0v) is 11.3. The van der Waals surface area contributed by atoms with Crippen molar-refractivity contribution < 1.29 is 0 Å². The van der Waals surface area contributed by atoms with E-state index in [1.54, 1.807) is 0 Å². The Hall–Kier alpha value is -1.45. The largest absolute Gasteiger partial charge is 0.327 e. The molecule has 0 aliphatic heterocycles. The summed E-state index contributed by atoms with van der Waals surface area (Å²) in [7, 11) is 0. The lowest BCUT2D eigenvalue weighted by Crippen LogP contribution is -2.31. The fraction of sp³-hybridized carbons (Fsp3) is 0.400. The number of hydrogen-bond donors (Lipinski definition) is 2. The van der Waals surface area contributed by atoms with Gasteiger partial charge in [0.2, 0.25) is 0 Å². The van der Waals surface area contributed by atoms with Crippen LogP contribution in [0, 0.1) is 0 Å². The molecule has 0 aliphatic carbocycles. The van der Waals surface area contributed by atoms with Gasteiger partial charge in [-0.15, -0.1) is 0 Å². The predicted molar refractivity (Wildman–Crippen MR) is 78.2 cm³/mol. The number of nitrogens with two attached hydrogens (primary N) is 1. The summed E-state index contributed by atoms with van der Waals surface area (Å²) >= 11 is 0. The number of nitrogens with one attached hydrogen (secondary N) is 1. The van der Waals surface area contributed by atoms with E-state index in [-0.39, 0.29) is 6.04 Å². The number of allylic oxidation sites excluding steroid dienone is 3. The molecular weight excluding hydrogens is 222 g/mol. The van der Waals surface area contributed by atoms with Crippen molar-refractivity contribution in [2.24, 2.45) is 5.73 Å². The minimum Gasteiger partial charge on any atom is -0.327 e. The van der Waals surface area contributed by atoms with Gasteiger partial charge < -0.3 is 11.1 Å². The van der Waals surface area contributed by atoms with Gasteiger partial charge >= 0.3 is 0 Å². The van der Waals surface area contributed by atoms with Crippen molar-refractivity contribution in [3.8, 4) is 0 Å². The molecule has 0 saturated heterocycles. The average Bonchev–Trinajstić information content (AvgIpc) is 2.38. The fourth-order valence-electron chi connectivity index (χ4n) is 1.61. The van der Waals surface area contributed by atoms with Gasteiger partial charge in [0.1, 0.15) is 0 Å². The van der Waals surface area contributed by atoms with E-state index in [2.05, 4.69) is 22.5 Å². The normalized spacial score (nSPS) is 14.1. The summed E-state index contributed by atoms with van der Waals surface area (Å²) in [6.45, 7) is 5.78. The molecule has 3 N–H and O–H groups in total. The standard InChI is InChI=1S/C15H23N3/c1-3-4-7-14(9-11-17-12-13(2)16)15-8-5-6-10-18-15/h3-8,10,13,17H,9,11-12,16H2,1-2H3/b4-3-,14-7+. The van der Waals surface area contributed by atoms with Crippen molar-refractivity contribution in [3.63, 3.8) is 0 Å². The molecule has 0 aromatic carbocycles. The topological polar surface area (TPSA) is 50.9 Å². The number of aromatic nitrogens is 1. The second-order valence-electron chi connectivity index (χ2n) is 4.36. The van der Waals surface area contributed by atoms with Crippen molar-refractivity contribution in [1.82, 2.24) is 10.3 Å². The molecule has 3 nitrogen and oxygen atoms in total. The van der Waals surface area contributed by atoms with E-state index in [4.69, 9.17) is 5.73 Å². The molecule has 98 valence electrons. The molecule has 1 aromatic heterocycles. The molecular formula is C15H23N3. The van der Waals surface area contributed by atoms with Crippen molar-refractivity contribution in [1.29, 1.82) is 0 Å². The van der Waals surface area contributed by atoms with Crippen LogP contribution in [0.3, 0.4) is 0 Å². The highest BCUT2D eigenvalue weighted by atomic mass is 14.9. The first-order valence-electron chi connectivity index (χ1n) is 6.43. The third kappa shape index (κ3) is 5.75. The maximum absolute atomic E-state index is 5.70. The van der Waals surface area contributed by atoms with Gasteiger partial charge in [0.15, 0.2) is 0 Å². The van der Waals surface area contributed by atoms with Crippen LogP contribution in [-0.2, 0) is 0 Å². The number of nitrogens with zero attached hydrogens (tertiary/aromatic N) is 1. The lowest BCUT2D eigenvalue weighted by molar-refractivity contribution is 0.614. The van der Waals surface area contributed by atoms with Crippen LogP contribution in [0.5, 0.6) is 0 Å². The van der Waals surface area contributed by atoms with Gasteiger partial charge in [-0.1, -0.05) is 24.3 Å². The van der Waals surface area contributed by atoms with Crippen LogP contribution < -0.4 is 11.1 Å². The second-order valence-corrected chi connectivity index (χ2v) is 4.36. The lowest BCUT2D eigenvalue weighted by Gasteiger charge is -2.09. The fourth-order valence-corrected chi connectivity index (χ4v) is 1.61. The van der Waals surface area contributed by atoms with E-state index >= 15 is 0 Å². The summed E-state index contributed by atoms with van der Waals surface area (Å²) in [6, 6.07) is 6.19. The Kier molecular flexibility index (Phi) is 6.99. The minimum absolute atomic E-state index is 0.197. The molecule has 1 rings (SSSR count). The first-order chi connectivity index (χ1) is 8.74. The van der Waals surface area contributed by atoms with Gasteiger partial charge in [0, 0.05) is 18.8 Å². The monoisotopic (exact) mass is 245 g/mol. The van der Waals surface area contributed by atoms with Crippen molar-refractivity contribution >= 4 is 5.57 Å². The highest BCUT2D eigenvalue weighted by molar-refractivity contribution is 5.64. The number of pyridine rings is 1. The summed E-state index contributed by atoms with van der Waals surface area (Å²) < 4.78 is 0. The van der Waals surface area contributed by atoms with Crippen LogP contribution in [0.25, 0.3) is 5.57 Å². The highest BCUT2D eigenvalue weighted by Crippen LogP contribution is 2.15. The van der Waals surface area contributed by atoms with Crippen LogP contribution in [0.2, 0.25) is 0 Å². The molecule has 0 bridgehead atoms. The maximum Gasteiger partial charge on any atom is 0.0662 e. The summed E-state index contributed by atoms with van der Waals surface area (Å²) in [5.74, 6) is 0. The smallest absolute Gasteiger partial charge is 0.0662 e. The van der Waals surface area contributed by atoms with E-state index in [0.29, 0.717) is 0 Å². The summed E-state index contributed by atoms with van der Waals surface area (Å²) in [5, 5.41) is 3.34. The molecule has 0 aliphatic rings. The van der Waals surface area contributed by atoms with Crippen molar-refractivity contribution in [2.75, 3.05) is 13.1 Å². The zero-order chi connectivity index (χ0) is 13.2. The Morgan fingerprint density at radius 2 is 2.33 bits per heavy atom. The van der Waals surface area contributed by atoms with Gasteiger partial charge in [-0.05, 0) is 44.5 Å². The number of hydrogen-bond acceptors (Lipinski definition) is 3. The van der Waals surface area contributed by atoms with Crippen LogP contribution >= 0.6 is 0 Å². The van der Waals surface area contributed by atoms with Crippen LogP contribution in [0.1, 0.15) is 26.0 Å². The first-order valence-corrected chi connectivity index (χ1v) is 6.43. The van der Waals surface area contributed by atoms with E-state index in [1.165, 1.54) is 5.57 Å². The molecule has 18 heavy (non-hydrogen) atoms. The van der Waals surface area contributed by atoms with Crippen LogP contribution in [0.15, 0.2) is 42.6 Å². The number of rotatable bonds is 7. The van der Waals surface area contributed by atoms with Gasteiger partial charge in [-0.25, -0.2) is 0 Å². The Bertz CT molecular complexity index is 380. The van der Waals surface area contributed by atoms with E-state index < -0.39 is 0 Å². The third-order valence-electron chi connectivity index (χ3n) is 2.52. The minimum atomic E-state index is 0.197. The van der Waals surface area contributed by atoms with Gasteiger partial charge in [0.25, 0.3) is 0 Å². The third-order valence-corrected chi connectivity index (χ3v) is 2.52. The molecule has 0 amide bonds. The molecule has 0 spiro atoms. The summed E-state index contributed by atoms with van der Waals surface area (Å²) in [4.78, 5) is 4.39. The molecule has 1 heterocycles. The SMILES string of the molecule is C/C=C\C=C(/CCNCC(C)N)c1ccccn1. The second kappa shape index (κ2) is 8.61. The maximum atomic E-state index is 5.70. The Morgan fingerprint density at radius 1 is 1.50 bits per heavy atom. The van der Waals surface area contributed by atoms with Gasteiger partial charge in [-0.2, -0.15) is 0 Å². The quantitative estimate of drug-likeness (QED) is 0.573. The van der Waals surface area contributed by atoms with E-state index in [9.17, 15) is 0 Å². The van der Waals surface area contributed by atoms with Crippen molar-refractivity contribution in [3.05, 3.63) is 48.3 Å². The Balaban J connectivity index is 2.58. The summed E-state index contributed by atoms with van der Waals surface area (Å²) in [6.07, 6.45) is 8.98. The van der Waals surface area contributed by atoms with E-state index in [1.807, 2.05) is 44.3 Å². The molecule has 0 saturated carbocycles. The van der Waals surface area contributed by atoms with Crippen molar-refractivity contribution in [2.45, 2.75) is 26.3 Å². The average molecular weight is 245 g/mol. The van der Waals surface area contributed by atoms with Gasteiger partial charge in [-0.3, -0.25) is 4.98 Å².